The van der Waals surface area contributed by atoms with E-state index in [1.807, 2.05) is 12.1 Å². The third kappa shape index (κ3) is 3.30. The largest absolute Gasteiger partial charge is 0.461 e. The highest BCUT2D eigenvalue weighted by Crippen LogP contribution is 2.27. The Labute approximate surface area is 126 Å². The van der Waals surface area contributed by atoms with Gasteiger partial charge in [-0.25, -0.2) is 0 Å². The van der Waals surface area contributed by atoms with Gasteiger partial charge in [-0.3, -0.25) is 0 Å². The predicted molar refractivity (Wildman–Crippen MR) is 85.3 cm³/mol. The lowest BCUT2D eigenvalue weighted by Crippen LogP contribution is -2.27. The van der Waals surface area contributed by atoms with E-state index in [1.54, 1.807) is 0 Å². The minimum absolute atomic E-state index is 0.0641. The number of hydrogen-bond donors (Lipinski definition) is 2. The van der Waals surface area contributed by atoms with E-state index in [4.69, 9.17) is 4.42 Å². The summed E-state index contributed by atoms with van der Waals surface area (Å²) < 4.78 is 5.93. The molecule has 1 heterocycles. The first kappa shape index (κ1) is 14.6. The average Bonchev–Trinajstić information content (AvgIpc) is 2.87. The molecule has 1 aliphatic rings. The van der Waals surface area contributed by atoms with Crippen molar-refractivity contribution in [3.63, 3.8) is 0 Å². The number of rotatable bonds is 5. The molecule has 2 aromatic rings. The highest BCUT2D eigenvalue weighted by atomic mass is 16.3. The van der Waals surface area contributed by atoms with Crippen LogP contribution in [-0.4, -0.2) is 17.8 Å². The second-order valence-electron chi connectivity index (χ2n) is 6.16. The van der Waals surface area contributed by atoms with Crippen LogP contribution in [0.3, 0.4) is 0 Å². The summed E-state index contributed by atoms with van der Waals surface area (Å²) in [4.78, 5) is 0. The maximum Gasteiger partial charge on any atom is 0.134 e. The minimum atomic E-state index is -0.0641. The maximum atomic E-state index is 9.56. The van der Waals surface area contributed by atoms with Crippen molar-refractivity contribution in [1.29, 1.82) is 0 Å². The molecule has 0 radical (unpaired) electrons. The number of aliphatic hydroxyl groups is 1. The van der Waals surface area contributed by atoms with Gasteiger partial charge in [0.05, 0.1) is 6.10 Å². The fourth-order valence-corrected chi connectivity index (χ4v) is 3.38. The smallest absolute Gasteiger partial charge is 0.134 e. The van der Waals surface area contributed by atoms with Gasteiger partial charge in [0.25, 0.3) is 0 Å². The first-order chi connectivity index (χ1) is 10.3. The zero-order valence-electron chi connectivity index (χ0n) is 12.8. The highest BCUT2D eigenvalue weighted by Gasteiger charge is 2.19. The van der Waals surface area contributed by atoms with Gasteiger partial charge in [-0.15, -0.1) is 0 Å². The Hall–Kier alpha value is -1.32. The molecule has 0 spiro atoms. The molecular weight excluding hydrogens is 262 g/mol. The molecule has 114 valence electrons. The molecule has 0 atom stereocenters. The molecule has 1 fully saturated rings. The molecule has 3 heteroatoms. The van der Waals surface area contributed by atoms with E-state index in [-0.39, 0.29) is 6.10 Å². The fourth-order valence-electron chi connectivity index (χ4n) is 3.38. The molecule has 0 aliphatic heterocycles. The van der Waals surface area contributed by atoms with Crippen LogP contribution in [0.25, 0.3) is 11.0 Å². The number of nitrogens with one attached hydrogen (secondary N) is 1. The minimum Gasteiger partial charge on any atom is -0.461 e. The quantitative estimate of drug-likeness (QED) is 0.882. The van der Waals surface area contributed by atoms with Crippen LogP contribution in [0.1, 0.15) is 43.9 Å². The van der Waals surface area contributed by atoms with Gasteiger partial charge in [0.15, 0.2) is 0 Å². The maximum absolute atomic E-state index is 9.56. The summed E-state index contributed by atoms with van der Waals surface area (Å²) in [5, 5.41) is 14.4. The van der Waals surface area contributed by atoms with Gasteiger partial charge in [0, 0.05) is 23.9 Å². The zero-order valence-corrected chi connectivity index (χ0v) is 12.8. The van der Waals surface area contributed by atoms with Gasteiger partial charge in [-0.1, -0.05) is 25.1 Å². The number of hydrogen-bond acceptors (Lipinski definition) is 3. The first-order valence-electron chi connectivity index (χ1n) is 8.16. The monoisotopic (exact) mass is 287 g/mol. The van der Waals surface area contributed by atoms with E-state index in [0.29, 0.717) is 5.92 Å². The van der Waals surface area contributed by atoms with Crippen molar-refractivity contribution < 1.29 is 9.52 Å². The summed E-state index contributed by atoms with van der Waals surface area (Å²) in [6, 6.07) is 8.28. The Kier molecular flexibility index (Phi) is 4.61. The van der Waals surface area contributed by atoms with Crippen LogP contribution in [0.4, 0.5) is 0 Å². The number of aryl methyl sites for hydroxylation is 1. The second kappa shape index (κ2) is 6.63. The third-order valence-corrected chi connectivity index (χ3v) is 4.65. The van der Waals surface area contributed by atoms with Crippen LogP contribution in [0.5, 0.6) is 0 Å². The predicted octanol–water partition coefficient (Wildman–Crippen LogP) is 3.64. The van der Waals surface area contributed by atoms with Crippen molar-refractivity contribution in [3.05, 3.63) is 35.6 Å². The normalized spacial score (nSPS) is 22.8. The lowest BCUT2D eigenvalue weighted by atomic mass is 9.87. The summed E-state index contributed by atoms with van der Waals surface area (Å²) in [6.07, 6.45) is 5.07. The van der Waals surface area contributed by atoms with Gasteiger partial charge >= 0.3 is 0 Å². The van der Waals surface area contributed by atoms with Crippen molar-refractivity contribution in [1.82, 2.24) is 5.32 Å². The van der Waals surface area contributed by atoms with E-state index >= 15 is 0 Å². The zero-order chi connectivity index (χ0) is 14.7. The molecule has 1 aliphatic carbocycles. The van der Waals surface area contributed by atoms with Crippen LogP contribution in [-0.2, 0) is 13.0 Å². The third-order valence-electron chi connectivity index (χ3n) is 4.65. The first-order valence-corrected chi connectivity index (χ1v) is 8.16. The number of para-hydroxylation sites is 1. The lowest BCUT2D eigenvalue weighted by Gasteiger charge is -2.25. The Morgan fingerprint density at radius 2 is 1.95 bits per heavy atom. The van der Waals surface area contributed by atoms with E-state index in [2.05, 4.69) is 24.4 Å². The Balaban J connectivity index is 1.62. The fraction of sp³-hybridized carbons (Fsp3) is 0.556. The summed E-state index contributed by atoms with van der Waals surface area (Å²) in [7, 11) is 0. The molecule has 1 saturated carbocycles. The van der Waals surface area contributed by atoms with E-state index in [1.165, 1.54) is 10.9 Å². The second-order valence-corrected chi connectivity index (χ2v) is 6.16. The van der Waals surface area contributed by atoms with Crippen LogP contribution in [0, 0.1) is 5.92 Å². The molecular formula is C18H25NO2. The van der Waals surface area contributed by atoms with Gasteiger partial charge < -0.3 is 14.8 Å². The summed E-state index contributed by atoms with van der Waals surface area (Å²) in [5.74, 6) is 1.81. The van der Waals surface area contributed by atoms with Gasteiger partial charge in [0.2, 0.25) is 0 Å². The average molecular weight is 287 g/mol. The molecule has 0 amide bonds. The summed E-state index contributed by atoms with van der Waals surface area (Å²) in [6.45, 7) is 4.05. The summed E-state index contributed by atoms with van der Waals surface area (Å²) in [5.41, 5.74) is 2.30. The molecule has 3 rings (SSSR count). The van der Waals surface area contributed by atoms with Crippen LogP contribution in [0.2, 0.25) is 0 Å². The van der Waals surface area contributed by atoms with Crippen molar-refractivity contribution in [2.45, 2.75) is 51.7 Å². The van der Waals surface area contributed by atoms with Crippen molar-refractivity contribution in [2.24, 2.45) is 5.92 Å². The number of benzene rings is 1. The Morgan fingerprint density at radius 3 is 2.71 bits per heavy atom. The van der Waals surface area contributed by atoms with Crippen molar-refractivity contribution >= 4 is 11.0 Å². The number of aliphatic hydroxyl groups excluding tert-OH is 1. The molecule has 1 aromatic heterocycles. The molecule has 3 nitrogen and oxygen atoms in total. The van der Waals surface area contributed by atoms with E-state index < -0.39 is 0 Å². The Bertz CT molecular complexity index is 582. The molecule has 2 N–H and O–H groups in total. The molecule has 0 saturated heterocycles. The van der Waals surface area contributed by atoms with Gasteiger partial charge in [-0.2, -0.15) is 0 Å². The van der Waals surface area contributed by atoms with Crippen molar-refractivity contribution in [3.8, 4) is 0 Å². The van der Waals surface area contributed by atoms with Crippen LogP contribution < -0.4 is 5.32 Å². The highest BCUT2D eigenvalue weighted by molar-refractivity contribution is 5.82. The van der Waals surface area contributed by atoms with Crippen LogP contribution >= 0.6 is 0 Å². The Morgan fingerprint density at radius 1 is 1.19 bits per heavy atom. The number of fused-ring (bicyclic) bond motifs is 1. The summed E-state index contributed by atoms with van der Waals surface area (Å²) >= 11 is 0. The van der Waals surface area contributed by atoms with Gasteiger partial charge in [0.1, 0.15) is 11.3 Å². The molecule has 21 heavy (non-hydrogen) atoms. The molecule has 1 aromatic carbocycles. The molecule has 0 bridgehead atoms. The lowest BCUT2D eigenvalue weighted by molar-refractivity contribution is 0.108. The van der Waals surface area contributed by atoms with Gasteiger partial charge in [-0.05, 0) is 44.2 Å². The standard InChI is InChI=1S/C18H25NO2/c1-2-17-16(15-5-3-4-6-18(15)21-17)12-19-11-13-7-9-14(20)10-8-13/h3-6,13-14,19-20H,2,7-12H2,1H3. The van der Waals surface area contributed by atoms with Crippen LogP contribution in [0.15, 0.2) is 28.7 Å². The van der Waals surface area contributed by atoms with Crippen molar-refractivity contribution in [2.75, 3.05) is 6.54 Å². The molecule has 0 unspecified atom stereocenters. The SMILES string of the molecule is CCc1oc2ccccc2c1CNCC1CCC(O)CC1. The van der Waals surface area contributed by atoms with E-state index in [0.717, 1.165) is 56.5 Å². The number of furan rings is 1. The van der Waals surface area contributed by atoms with E-state index in [9.17, 15) is 5.11 Å². The topological polar surface area (TPSA) is 45.4 Å².